The minimum Gasteiger partial charge on any atom is -0.462 e. The number of fused-ring (bicyclic) bond motifs is 2. The van der Waals surface area contributed by atoms with Crippen molar-refractivity contribution in [2.75, 3.05) is 13.2 Å². The van der Waals surface area contributed by atoms with E-state index in [0.717, 1.165) is 78.0 Å². The predicted octanol–water partition coefficient (Wildman–Crippen LogP) is 9.99. The summed E-state index contributed by atoms with van der Waals surface area (Å²) < 4.78 is 15.3. The first-order valence-corrected chi connectivity index (χ1v) is 17.1. The van der Waals surface area contributed by atoms with Gasteiger partial charge in [-0.25, -0.2) is 4.98 Å². The minimum atomic E-state index is -0.620. The molecule has 3 heterocycles. The summed E-state index contributed by atoms with van der Waals surface area (Å²) in [5.74, 6) is -0.260. The number of carbonyl (C=O) groups is 1. The van der Waals surface area contributed by atoms with Gasteiger partial charge in [-0.2, -0.15) is 5.10 Å². The van der Waals surface area contributed by atoms with Crippen molar-refractivity contribution in [2.45, 2.75) is 53.6 Å². The molecular weight excluding hydrogens is 628 g/mol. The van der Waals surface area contributed by atoms with Crippen LogP contribution in [0.1, 0.15) is 57.8 Å². The lowest BCUT2D eigenvalue weighted by molar-refractivity contribution is -0.157. The van der Waals surface area contributed by atoms with Crippen LogP contribution in [0.4, 0.5) is 0 Å². The summed E-state index contributed by atoms with van der Waals surface area (Å²) in [5, 5.41) is 7.02. The molecule has 0 aliphatic carbocycles. The fraction of sp³-hybridized carbons (Fsp3) is 0.316. The summed E-state index contributed by atoms with van der Waals surface area (Å²) in [7, 11) is 1.94. The molecule has 0 aliphatic heterocycles. The predicted molar refractivity (Wildman–Crippen MR) is 192 cm³/mol. The molecule has 0 saturated heterocycles. The summed E-state index contributed by atoms with van der Waals surface area (Å²) in [5.41, 5.74) is 8.22. The Balaban J connectivity index is 1.47. The molecule has 6 rings (SSSR count). The average Bonchev–Trinajstić information content (AvgIpc) is 3.65. The van der Waals surface area contributed by atoms with Gasteiger partial charge in [-0.05, 0) is 87.2 Å². The van der Waals surface area contributed by atoms with Gasteiger partial charge in [0.15, 0.2) is 0 Å². The number of rotatable bonds is 10. The lowest BCUT2D eigenvalue weighted by Crippen LogP contribution is -2.26. The molecule has 0 saturated carbocycles. The van der Waals surface area contributed by atoms with E-state index in [4.69, 9.17) is 31.0 Å². The van der Waals surface area contributed by atoms with Crippen LogP contribution in [0.3, 0.4) is 0 Å². The van der Waals surface area contributed by atoms with Gasteiger partial charge in [-0.3, -0.25) is 14.5 Å². The molecule has 0 fully saturated rings. The van der Waals surface area contributed by atoms with Gasteiger partial charge < -0.3 is 9.47 Å². The van der Waals surface area contributed by atoms with E-state index in [-0.39, 0.29) is 12.6 Å². The van der Waals surface area contributed by atoms with E-state index in [1.807, 2.05) is 75.2 Å². The highest BCUT2D eigenvalue weighted by Crippen LogP contribution is 2.44. The van der Waals surface area contributed by atoms with Crippen LogP contribution in [0.5, 0.6) is 0 Å². The first-order chi connectivity index (χ1) is 22.5. The molecule has 0 spiro atoms. The Hall–Kier alpha value is -4.11. The van der Waals surface area contributed by atoms with E-state index in [9.17, 15) is 4.79 Å². The molecule has 3 aromatic heterocycles. The number of ether oxygens (including phenoxy) is 2. The second-order valence-electron chi connectivity index (χ2n) is 12.9. The van der Waals surface area contributed by atoms with Gasteiger partial charge in [0.2, 0.25) is 0 Å². The monoisotopic (exact) mass is 666 g/mol. The molecule has 6 aromatic rings. The first-order valence-electron chi connectivity index (χ1n) is 15.9. The maximum Gasteiger partial charge on any atom is 0.311 e. The van der Waals surface area contributed by atoms with Crippen molar-refractivity contribution >= 4 is 50.0 Å². The molecule has 9 heteroatoms. The van der Waals surface area contributed by atoms with Gasteiger partial charge in [0.05, 0.1) is 33.0 Å². The van der Waals surface area contributed by atoms with Crippen molar-refractivity contribution in [3.63, 3.8) is 0 Å². The second-order valence-corrected chi connectivity index (χ2v) is 14.3. The fourth-order valence-corrected chi connectivity index (χ4v) is 6.88. The van der Waals surface area contributed by atoms with E-state index in [1.165, 1.54) is 0 Å². The third-order valence-corrected chi connectivity index (χ3v) is 9.62. The Morgan fingerprint density at radius 1 is 1.02 bits per heavy atom. The van der Waals surface area contributed by atoms with Crippen molar-refractivity contribution in [2.24, 2.45) is 12.5 Å². The zero-order valence-electron chi connectivity index (χ0n) is 27.6. The third-order valence-electron chi connectivity index (χ3n) is 8.23. The van der Waals surface area contributed by atoms with Crippen LogP contribution in [0.2, 0.25) is 5.02 Å². The van der Waals surface area contributed by atoms with Crippen LogP contribution < -0.4 is 0 Å². The number of hydrogen-bond donors (Lipinski definition) is 0. The van der Waals surface area contributed by atoms with Gasteiger partial charge >= 0.3 is 5.97 Å². The third kappa shape index (κ3) is 6.96. The summed E-state index contributed by atoms with van der Waals surface area (Å²) in [6.07, 6.45) is 5.15. The molecule has 1 atom stereocenters. The smallest absolute Gasteiger partial charge is 0.311 e. The Bertz CT molecular complexity index is 2060. The number of unbranched alkanes of at least 4 members (excludes halogenated alkanes) is 1. The Morgan fingerprint density at radius 2 is 1.79 bits per heavy atom. The summed E-state index contributed by atoms with van der Waals surface area (Å²) in [6, 6.07) is 20.3. The SMILES string of the molecule is CCCCOC(COC(=O)C(C)(C)C)c1c(C)cc2nc(-c3ccnc(-c4ccc5cnn(C)c5c4)c3)sc2c1-c1ccc(Cl)cc1. The van der Waals surface area contributed by atoms with Gasteiger partial charge in [-0.1, -0.05) is 49.2 Å². The van der Waals surface area contributed by atoms with Gasteiger partial charge in [0.1, 0.15) is 17.7 Å². The first kappa shape index (κ1) is 32.8. The van der Waals surface area contributed by atoms with E-state index < -0.39 is 11.5 Å². The van der Waals surface area contributed by atoms with Crippen LogP contribution in [-0.2, 0) is 21.3 Å². The minimum absolute atomic E-state index is 0.118. The van der Waals surface area contributed by atoms with E-state index in [2.05, 4.69) is 49.3 Å². The zero-order chi connectivity index (χ0) is 33.3. The molecule has 0 radical (unpaired) electrons. The van der Waals surface area contributed by atoms with Crippen LogP contribution in [0.25, 0.3) is 54.1 Å². The van der Waals surface area contributed by atoms with Crippen LogP contribution in [0.15, 0.2) is 73.1 Å². The summed E-state index contributed by atoms with van der Waals surface area (Å²) >= 11 is 7.98. The van der Waals surface area contributed by atoms with Crippen LogP contribution in [-0.4, -0.2) is 38.9 Å². The Morgan fingerprint density at radius 3 is 2.53 bits per heavy atom. The van der Waals surface area contributed by atoms with Crippen LogP contribution >= 0.6 is 22.9 Å². The van der Waals surface area contributed by atoms with Crippen molar-refractivity contribution in [3.8, 4) is 33.0 Å². The Kier molecular flexibility index (Phi) is 9.46. The molecule has 0 aliphatic rings. The van der Waals surface area contributed by atoms with Crippen molar-refractivity contribution in [1.29, 1.82) is 0 Å². The number of aromatic nitrogens is 4. The summed E-state index contributed by atoms with van der Waals surface area (Å²) in [4.78, 5) is 22.7. The quantitative estimate of drug-likeness (QED) is 0.107. The van der Waals surface area contributed by atoms with Crippen LogP contribution in [0, 0.1) is 12.3 Å². The van der Waals surface area contributed by atoms with Crippen molar-refractivity contribution < 1.29 is 14.3 Å². The Labute approximate surface area is 284 Å². The highest BCUT2D eigenvalue weighted by Gasteiger charge is 2.28. The fourth-order valence-electron chi connectivity index (χ4n) is 5.63. The highest BCUT2D eigenvalue weighted by molar-refractivity contribution is 7.22. The molecule has 242 valence electrons. The van der Waals surface area contributed by atoms with Gasteiger partial charge in [-0.15, -0.1) is 11.3 Å². The topological polar surface area (TPSA) is 79.1 Å². The number of thiazole rings is 1. The van der Waals surface area contributed by atoms with E-state index in [1.54, 1.807) is 11.3 Å². The number of esters is 1. The number of hydrogen-bond acceptors (Lipinski definition) is 7. The number of carbonyl (C=O) groups excluding carboxylic acids is 1. The highest BCUT2D eigenvalue weighted by atomic mass is 35.5. The maximum absolute atomic E-state index is 12.9. The molecular formula is C38H39ClN4O3S. The molecule has 0 bridgehead atoms. The normalized spacial score (nSPS) is 12.6. The van der Waals surface area contributed by atoms with E-state index in [0.29, 0.717) is 11.6 Å². The molecule has 47 heavy (non-hydrogen) atoms. The average molecular weight is 667 g/mol. The van der Waals surface area contributed by atoms with E-state index >= 15 is 0 Å². The number of nitrogens with zero attached hydrogens (tertiary/aromatic N) is 4. The number of benzene rings is 3. The van der Waals surface area contributed by atoms with Crippen molar-refractivity contribution in [1.82, 2.24) is 19.7 Å². The lowest BCUT2D eigenvalue weighted by Gasteiger charge is -2.25. The maximum atomic E-state index is 12.9. The molecule has 7 nitrogen and oxygen atoms in total. The number of aryl methyl sites for hydroxylation is 2. The molecule has 0 N–H and O–H groups in total. The summed E-state index contributed by atoms with van der Waals surface area (Å²) in [6.45, 7) is 10.5. The standard InChI is InChI=1S/C38H39ClN4O3S/c1-7-8-17-45-32(22-46-37(44)38(3,4)5)33-23(2)18-30-35(34(33)24-11-13-28(39)14-12-24)47-36(42-30)26-15-16-40-29(19-26)25-9-10-27-21-41-43(6)31(27)20-25/h9-16,18-21,32H,7-8,17,22H2,1-6H3. The number of pyridine rings is 1. The number of halogens is 1. The second kappa shape index (κ2) is 13.6. The lowest BCUT2D eigenvalue weighted by atomic mass is 9.91. The molecule has 1 unspecified atom stereocenters. The molecule has 0 amide bonds. The zero-order valence-corrected chi connectivity index (χ0v) is 29.2. The molecule has 3 aromatic carbocycles. The van der Waals surface area contributed by atoms with Crippen molar-refractivity contribution in [3.05, 3.63) is 89.2 Å². The largest absolute Gasteiger partial charge is 0.462 e. The van der Waals surface area contributed by atoms with Gasteiger partial charge in [0.25, 0.3) is 0 Å². The van der Waals surface area contributed by atoms with Gasteiger partial charge in [0, 0.05) is 47.0 Å².